The van der Waals surface area contributed by atoms with Crippen molar-refractivity contribution in [2.45, 2.75) is 41.5 Å². The molecule has 0 radical (unpaired) electrons. The second-order valence-electron chi connectivity index (χ2n) is 5.92. The summed E-state index contributed by atoms with van der Waals surface area (Å²) in [5.74, 6) is 2.39. The zero-order valence-corrected chi connectivity index (χ0v) is 12.3. The molecule has 0 fully saturated rings. The molecule has 19 heavy (non-hydrogen) atoms. The van der Waals surface area contributed by atoms with Crippen LogP contribution in [0.1, 0.15) is 41.5 Å². The van der Waals surface area contributed by atoms with Crippen molar-refractivity contribution in [1.82, 2.24) is 0 Å². The first-order valence-electron chi connectivity index (χ1n) is 5.97. The Morgan fingerprint density at radius 1 is 0.842 bits per heavy atom. The van der Waals surface area contributed by atoms with Gasteiger partial charge in [0.15, 0.2) is 0 Å². The molecule has 0 aromatic carbocycles. The molecule has 104 valence electrons. The van der Waals surface area contributed by atoms with Crippen molar-refractivity contribution in [3.8, 4) is 0 Å². The second-order valence-corrected chi connectivity index (χ2v) is 5.92. The van der Waals surface area contributed by atoms with E-state index < -0.39 is 27.8 Å². The van der Waals surface area contributed by atoms with Gasteiger partial charge in [-0.05, 0) is 26.2 Å². The molecule has 0 amide bonds. The molecule has 0 atom stereocenters. The Bertz CT molecular complexity index is 449. The van der Waals surface area contributed by atoms with Crippen LogP contribution in [0.25, 0.3) is 0 Å². The molecular weight excluding hydrogens is 244 g/mol. The SMILES string of the molecule is CC(=O)C(C(C)=O)(C(C)(C)C)C(C)(C=C=O)C=C=O. The molecule has 0 rings (SSSR count). The van der Waals surface area contributed by atoms with Crippen molar-refractivity contribution >= 4 is 23.4 Å². The average Bonchev–Trinajstić information content (AvgIpc) is 2.14. The maximum atomic E-state index is 12.2. The van der Waals surface area contributed by atoms with Gasteiger partial charge in [0.05, 0.1) is 0 Å². The molecule has 0 aliphatic heterocycles. The number of Topliss-reactive ketones (excluding diaryl/α,β-unsaturated/α-hetero) is 2. The number of rotatable bonds is 5. The molecular formula is C15H20O4. The predicted molar refractivity (Wildman–Crippen MR) is 71.9 cm³/mol. The van der Waals surface area contributed by atoms with Crippen LogP contribution >= 0.6 is 0 Å². The van der Waals surface area contributed by atoms with Crippen LogP contribution in [0.15, 0.2) is 12.2 Å². The average molecular weight is 264 g/mol. The molecule has 4 nitrogen and oxygen atoms in total. The van der Waals surface area contributed by atoms with Gasteiger partial charge in [-0.15, -0.1) is 0 Å². The topological polar surface area (TPSA) is 68.3 Å². The summed E-state index contributed by atoms with van der Waals surface area (Å²) in [6.45, 7) is 9.27. The molecule has 0 aliphatic carbocycles. The lowest BCUT2D eigenvalue weighted by atomic mass is 9.49. The van der Waals surface area contributed by atoms with E-state index in [2.05, 4.69) is 0 Å². The minimum Gasteiger partial charge on any atom is -0.299 e. The molecule has 0 aromatic rings. The fourth-order valence-corrected chi connectivity index (χ4v) is 3.37. The van der Waals surface area contributed by atoms with Gasteiger partial charge in [0.1, 0.15) is 28.9 Å². The summed E-state index contributed by atoms with van der Waals surface area (Å²) in [6.07, 6.45) is 2.10. The molecule has 0 aliphatic rings. The zero-order chi connectivity index (χ0) is 15.5. The molecule has 0 N–H and O–H groups in total. The number of hydrogen-bond acceptors (Lipinski definition) is 4. The van der Waals surface area contributed by atoms with Crippen molar-refractivity contribution in [1.29, 1.82) is 0 Å². The van der Waals surface area contributed by atoms with Gasteiger partial charge in [-0.3, -0.25) is 9.59 Å². The Balaban J connectivity index is 6.75. The lowest BCUT2D eigenvalue weighted by molar-refractivity contribution is -0.153. The van der Waals surface area contributed by atoms with Gasteiger partial charge in [-0.25, -0.2) is 9.59 Å². The summed E-state index contributed by atoms with van der Waals surface area (Å²) in [7, 11) is 0. The van der Waals surface area contributed by atoms with E-state index in [1.165, 1.54) is 20.8 Å². The quantitative estimate of drug-likeness (QED) is 0.562. The molecule has 0 bridgehead atoms. The van der Waals surface area contributed by atoms with Gasteiger partial charge in [0.25, 0.3) is 0 Å². The van der Waals surface area contributed by atoms with Crippen molar-refractivity contribution in [3.05, 3.63) is 12.2 Å². The van der Waals surface area contributed by atoms with Crippen LogP contribution in [0.2, 0.25) is 0 Å². The van der Waals surface area contributed by atoms with Gasteiger partial charge < -0.3 is 0 Å². The fraction of sp³-hybridized carbons (Fsp3) is 0.600. The Labute approximate surface area is 113 Å². The number of allylic oxidation sites excluding steroid dienone is 2. The number of hydrogen-bond donors (Lipinski definition) is 0. The second kappa shape index (κ2) is 5.48. The van der Waals surface area contributed by atoms with E-state index in [-0.39, 0.29) is 0 Å². The van der Waals surface area contributed by atoms with E-state index in [4.69, 9.17) is 0 Å². The zero-order valence-electron chi connectivity index (χ0n) is 12.3. The van der Waals surface area contributed by atoms with Crippen LogP contribution in [0.5, 0.6) is 0 Å². The summed E-state index contributed by atoms with van der Waals surface area (Å²) in [6, 6.07) is 0. The Morgan fingerprint density at radius 2 is 1.16 bits per heavy atom. The highest BCUT2D eigenvalue weighted by atomic mass is 16.2. The van der Waals surface area contributed by atoms with Crippen molar-refractivity contribution < 1.29 is 19.2 Å². The molecule has 0 spiro atoms. The monoisotopic (exact) mass is 264 g/mol. The molecule has 0 unspecified atom stereocenters. The molecule has 0 heterocycles. The first-order valence-corrected chi connectivity index (χ1v) is 5.97. The van der Waals surface area contributed by atoms with Crippen LogP contribution in [-0.2, 0) is 19.2 Å². The standard InChI is InChI=1S/C15H20O4/c1-11(18)15(12(2)19,13(3,4)5)14(6,7-9-16)8-10-17/h7-8H,1-6H3. The van der Waals surface area contributed by atoms with Crippen LogP contribution < -0.4 is 0 Å². The molecule has 0 aromatic heterocycles. The summed E-state index contributed by atoms with van der Waals surface area (Å²) in [5.41, 5.74) is -3.65. The Kier molecular flexibility index (Phi) is 4.97. The largest absolute Gasteiger partial charge is 0.299 e. The Morgan fingerprint density at radius 3 is 1.32 bits per heavy atom. The lowest BCUT2D eigenvalue weighted by Crippen LogP contribution is -2.57. The summed E-state index contributed by atoms with van der Waals surface area (Å²) < 4.78 is 0. The van der Waals surface area contributed by atoms with Crippen LogP contribution in [0, 0.1) is 16.2 Å². The molecule has 4 heteroatoms. The van der Waals surface area contributed by atoms with Gasteiger partial charge in [-0.1, -0.05) is 20.8 Å². The maximum Gasteiger partial charge on any atom is 0.145 e. The first-order chi connectivity index (χ1) is 8.51. The minimum atomic E-state index is -1.52. The van der Waals surface area contributed by atoms with E-state index in [0.29, 0.717) is 0 Å². The predicted octanol–water partition coefficient (Wildman–Crippen LogP) is 1.98. The number of carbonyl (C=O) groups is 2. The highest BCUT2D eigenvalue weighted by Gasteiger charge is 2.60. The third-order valence-electron chi connectivity index (χ3n) is 3.71. The van der Waals surface area contributed by atoms with Crippen LogP contribution in [0.4, 0.5) is 0 Å². The molecule has 0 saturated carbocycles. The van der Waals surface area contributed by atoms with E-state index in [1.807, 2.05) is 0 Å². The fourth-order valence-electron chi connectivity index (χ4n) is 3.37. The third kappa shape index (κ3) is 2.51. The normalized spacial score (nSPS) is 14.6. The summed E-state index contributed by atoms with van der Waals surface area (Å²) in [5, 5.41) is 0. The maximum absolute atomic E-state index is 12.2. The van der Waals surface area contributed by atoms with Gasteiger partial charge in [0, 0.05) is 17.6 Å². The van der Waals surface area contributed by atoms with Crippen LogP contribution in [-0.4, -0.2) is 23.4 Å². The first kappa shape index (κ1) is 17.2. The third-order valence-corrected chi connectivity index (χ3v) is 3.71. The lowest BCUT2D eigenvalue weighted by Gasteiger charge is -2.49. The summed E-state index contributed by atoms with van der Waals surface area (Å²) in [4.78, 5) is 46.0. The van der Waals surface area contributed by atoms with E-state index in [9.17, 15) is 19.2 Å². The van der Waals surface area contributed by atoms with E-state index in [1.54, 1.807) is 32.7 Å². The number of ketones is 2. The van der Waals surface area contributed by atoms with Gasteiger partial charge >= 0.3 is 0 Å². The Hall–Kier alpha value is -1.76. The van der Waals surface area contributed by atoms with Crippen LogP contribution in [0.3, 0.4) is 0 Å². The minimum absolute atomic E-state index is 0.395. The van der Waals surface area contributed by atoms with Crippen molar-refractivity contribution in [3.63, 3.8) is 0 Å². The van der Waals surface area contributed by atoms with Gasteiger partial charge in [0.2, 0.25) is 0 Å². The summed E-state index contributed by atoms with van der Waals surface area (Å²) >= 11 is 0. The van der Waals surface area contributed by atoms with Crippen molar-refractivity contribution in [2.75, 3.05) is 0 Å². The smallest absolute Gasteiger partial charge is 0.145 e. The van der Waals surface area contributed by atoms with E-state index in [0.717, 1.165) is 12.2 Å². The highest BCUT2D eigenvalue weighted by molar-refractivity contribution is 6.07. The van der Waals surface area contributed by atoms with Crippen molar-refractivity contribution in [2.24, 2.45) is 16.2 Å². The molecule has 0 saturated heterocycles. The number of carbonyl (C=O) groups excluding carboxylic acids is 4. The highest BCUT2D eigenvalue weighted by Crippen LogP contribution is 2.54. The van der Waals surface area contributed by atoms with Gasteiger partial charge in [-0.2, -0.15) is 0 Å². The van der Waals surface area contributed by atoms with E-state index >= 15 is 0 Å².